The Hall–Kier alpha value is -7.33. The van der Waals surface area contributed by atoms with E-state index in [1.54, 1.807) is 73.5 Å². The maximum atomic E-state index is 14.6. The highest BCUT2D eigenvalue weighted by Crippen LogP contribution is 2.40. The largest absolute Gasteiger partial charge is 0.492 e. The molecule has 0 unspecified atom stereocenters. The van der Waals surface area contributed by atoms with Gasteiger partial charge >= 0.3 is 0 Å². The van der Waals surface area contributed by atoms with Crippen LogP contribution in [0.15, 0.2) is 83.1 Å². The van der Waals surface area contributed by atoms with Crippen LogP contribution in [0.4, 0.5) is 21.8 Å². The fourth-order valence-electron chi connectivity index (χ4n) is 10.3. The van der Waals surface area contributed by atoms with E-state index in [2.05, 4.69) is 40.7 Å². The van der Waals surface area contributed by atoms with Crippen molar-refractivity contribution in [2.45, 2.75) is 95.2 Å². The molecule has 19 nitrogen and oxygen atoms in total. The van der Waals surface area contributed by atoms with Crippen LogP contribution in [-0.2, 0) is 19.4 Å². The number of ether oxygens (including phenoxy) is 1. The minimum Gasteiger partial charge on any atom is -0.492 e. The number of hydrogen-bond acceptors (Lipinski definition) is 16. The van der Waals surface area contributed by atoms with Crippen molar-refractivity contribution in [3.63, 3.8) is 0 Å². The molecular weight excluding hydrogens is 1020 g/mol. The molecule has 0 saturated carbocycles. The predicted molar refractivity (Wildman–Crippen MR) is 291 cm³/mol. The Kier molecular flexibility index (Phi) is 16.1. The van der Waals surface area contributed by atoms with E-state index in [9.17, 15) is 32.0 Å². The monoisotopic (exact) mass is 1090 g/mol. The summed E-state index contributed by atoms with van der Waals surface area (Å²) in [5, 5.41) is 16.2. The Morgan fingerprint density at radius 1 is 0.935 bits per heavy atom. The summed E-state index contributed by atoms with van der Waals surface area (Å²) < 4.78 is 46.8. The van der Waals surface area contributed by atoms with Gasteiger partial charge in [0.05, 0.1) is 40.1 Å². The number of H-pyrrole nitrogens is 1. The predicted octanol–water partition coefficient (Wildman–Crippen LogP) is 7.61. The molecule has 2 atom stereocenters. The summed E-state index contributed by atoms with van der Waals surface area (Å²) in [6.45, 7) is 11.9. The van der Waals surface area contributed by atoms with Gasteiger partial charge in [0.15, 0.2) is 15.7 Å². The molecule has 0 spiro atoms. The summed E-state index contributed by atoms with van der Waals surface area (Å²) in [5.74, 6) is -0.346. The summed E-state index contributed by atoms with van der Waals surface area (Å²) in [7, 11) is -2.27. The van der Waals surface area contributed by atoms with Crippen molar-refractivity contribution in [3.8, 4) is 5.75 Å². The molecule has 3 saturated heterocycles. The highest BCUT2D eigenvalue weighted by Gasteiger charge is 2.40. The first-order valence-electron chi connectivity index (χ1n) is 26.0. The second kappa shape index (κ2) is 22.7. The Morgan fingerprint density at radius 3 is 2.31 bits per heavy atom. The molecule has 3 fully saturated rings. The summed E-state index contributed by atoms with van der Waals surface area (Å²) in [5.41, 5.74) is 9.21. The number of pyridine rings is 1. The van der Waals surface area contributed by atoms with Crippen molar-refractivity contribution >= 4 is 73.0 Å². The molecule has 77 heavy (non-hydrogen) atoms. The van der Waals surface area contributed by atoms with Crippen molar-refractivity contribution < 1.29 is 36.7 Å². The molecule has 22 heteroatoms. The number of anilines is 3. The molecule has 4 aromatic heterocycles. The number of benzene rings is 2. The number of halogens is 1. The minimum absolute atomic E-state index is 0.0774. The van der Waals surface area contributed by atoms with Crippen LogP contribution in [0.5, 0.6) is 5.75 Å². The number of aromatic amines is 1. The molecule has 406 valence electrons. The van der Waals surface area contributed by atoms with E-state index in [1.807, 2.05) is 19.9 Å². The van der Waals surface area contributed by atoms with Gasteiger partial charge in [-0.15, -0.1) is 11.3 Å². The number of carbonyl (C=O) groups is 4. The molecular formula is C55H65FN12O7S2. The first kappa shape index (κ1) is 54.5. The molecule has 0 radical (unpaired) electrons. The van der Waals surface area contributed by atoms with Gasteiger partial charge in [-0.05, 0) is 140 Å². The number of likely N-dealkylation sites (tertiary alicyclic amines) is 2. The molecule has 3 aliphatic heterocycles. The molecule has 6 aromatic rings. The van der Waals surface area contributed by atoms with Crippen LogP contribution >= 0.6 is 11.3 Å². The van der Waals surface area contributed by atoms with Gasteiger partial charge in [0, 0.05) is 79.6 Å². The van der Waals surface area contributed by atoms with Gasteiger partial charge < -0.3 is 35.8 Å². The third-order valence-electron chi connectivity index (χ3n) is 15.2. The van der Waals surface area contributed by atoms with Gasteiger partial charge in [0.2, 0.25) is 11.7 Å². The first-order chi connectivity index (χ1) is 36.8. The third kappa shape index (κ3) is 11.7. The smallest absolute Gasteiger partial charge is 0.264 e. The summed E-state index contributed by atoms with van der Waals surface area (Å²) in [4.78, 5) is 78.3. The van der Waals surface area contributed by atoms with Gasteiger partial charge in [0.25, 0.3) is 11.8 Å². The number of ketones is 1. The average molecular weight is 1090 g/mol. The van der Waals surface area contributed by atoms with Crippen LogP contribution in [-0.4, -0.2) is 123 Å². The maximum absolute atomic E-state index is 14.6. The molecule has 9 rings (SSSR count). The minimum atomic E-state index is -3.85. The van der Waals surface area contributed by atoms with Crippen LogP contribution in [0.25, 0.3) is 10.9 Å². The molecule has 3 aliphatic rings. The number of carbonyl (C=O) groups excluding carboxylic acids is 4. The number of thiazole rings is 1. The van der Waals surface area contributed by atoms with E-state index in [-0.39, 0.29) is 51.6 Å². The fraction of sp³-hybridized carbons (Fsp3) is 0.436. The number of hydrogen-bond donors (Lipinski definition) is 4. The van der Waals surface area contributed by atoms with E-state index < -0.39 is 32.2 Å². The highest BCUT2D eigenvalue weighted by atomic mass is 32.2. The second-order valence-corrected chi connectivity index (χ2v) is 24.6. The molecule has 3 amide bonds. The zero-order chi connectivity index (χ0) is 54.8. The number of aryl methyl sites for hydroxylation is 1. The SMILES string of the molecule is CNC(=C[C@@H](C(=O)N1CCC[C@H]1c1nc(C(=O)c2ccc(F)cc2)cs1)C1CCN(C(=O)c2ccc(N3CCC(CCOc4cc5ncnc(Nc6n[nH]c(C)c6C)c5cc4S(=O)(=O)C(C)(C)C)CC3)nc2)CC1)C(N)=O. The zero-order valence-electron chi connectivity index (χ0n) is 44.1. The standard InChI is InChI=1S/C55H65FN12O7S2/c1-32-33(2)64-65-50(32)63-51-40-27-46(77(73,74)55(3,4)5)45(28-41(40)60-31-61-51)75-25-19-34-15-21-66(22-16-34)47-14-11-37(29-59-47)53(71)67-23-17-35(18-24-67)39(26-42(58-6)49(57)70)54(72)68-20-7-8-44(68)52-62-43(30-76-52)48(69)36-9-12-38(56)13-10-36/h9-14,26-31,34-35,39,44,58H,7-8,15-25H2,1-6H3,(H2,57,70)(H2,60,61,63,64,65)/t39-,44+/m1/s1. The Labute approximate surface area is 451 Å². The number of aromatic nitrogens is 6. The number of fused-ring (bicyclic) bond motifs is 1. The van der Waals surface area contributed by atoms with Gasteiger partial charge in [-0.25, -0.2) is 32.7 Å². The third-order valence-corrected chi connectivity index (χ3v) is 18.6. The number of nitrogens with zero attached hydrogens (tertiary/aromatic N) is 8. The zero-order valence-corrected chi connectivity index (χ0v) is 45.8. The summed E-state index contributed by atoms with van der Waals surface area (Å²) in [6, 6.07) is 11.9. The molecule has 2 aromatic carbocycles. The van der Waals surface area contributed by atoms with E-state index in [1.165, 1.54) is 41.9 Å². The van der Waals surface area contributed by atoms with Crippen molar-refractivity contribution in [1.29, 1.82) is 0 Å². The Bertz CT molecular complexity index is 3310. The van der Waals surface area contributed by atoms with Crippen molar-refractivity contribution in [2.75, 3.05) is 56.6 Å². The fourth-order valence-corrected chi connectivity index (χ4v) is 12.6. The lowest BCUT2D eigenvalue weighted by molar-refractivity contribution is -0.137. The summed E-state index contributed by atoms with van der Waals surface area (Å²) in [6.07, 6.45) is 9.51. The lowest BCUT2D eigenvalue weighted by Gasteiger charge is -2.37. The summed E-state index contributed by atoms with van der Waals surface area (Å²) >= 11 is 1.30. The topological polar surface area (TPSA) is 252 Å². The number of nitrogens with two attached hydrogens (primary N) is 1. The van der Waals surface area contributed by atoms with Gasteiger partial charge in [-0.2, -0.15) is 5.10 Å². The quantitative estimate of drug-likeness (QED) is 0.0507. The molecule has 0 aliphatic carbocycles. The lowest BCUT2D eigenvalue weighted by atomic mass is 9.82. The maximum Gasteiger partial charge on any atom is 0.264 e. The number of amides is 3. The van der Waals surface area contributed by atoms with E-state index in [0.29, 0.717) is 90.1 Å². The van der Waals surface area contributed by atoms with Crippen LogP contribution < -0.4 is 26.0 Å². The Morgan fingerprint density at radius 2 is 1.66 bits per heavy atom. The van der Waals surface area contributed by atoms with Gasteiger partial charge in [0.1, 0.15) is 45.1 Å². The highest BCUT2D eigenvalue weighted by molar-refractivity contribution is 7.92. The second-order valence-electron chi connectivity index (χ2n) is 21.0. The number of likely N-dealkylation sites (N-methyl/N-ethyl adjacent to an activating group) is 1. The van der Waals surface area contributed by atoms with Crippen LogP contribution in [0.2, 0.25) is 0 Å². The number of piperidine rings is 2. The lowest BCUT2D eigenvalue weighted by Crippen LogP contribution is -2.44. The van der Waals surface area contributed by atoms with Crippen LogP contribution in [0.1, 0.15) is 114 Å². The normalized spacial score (nSPS) is 17.4. The van der Waals surface area contributed by atoms with E-state index in [0.717, 1.165) is 55.8 Å². The van der Waals surface area contributed by atoms with Crippen molar-refractivity contribution in [1.82, 2.24) is 45.2 Å². The number of primary amides is 1. The van der Waals surface area contributed by atoms with E-state index >= 15 is 0 Å². The number of rotatable bonds is 17. The number of nitrogens with one attached hydrogen (secondary N) is 3. The molecule has 5 N–H and O–H groups in total. The number of sulfone groups is 1. The van der Waals surface area contributed by atoms with Crippen LogP contribution in [0.3, 0.4) is 0 Å². The van der Waals surface area contributed by atoms with Crippen molar-refractivity contribution in [2.24, 2.45) is 23.5 Å². The van der Waals surface area contributed by atoms with Crippen molar-refractivity contribution in [3.05, 3.63) is 117 Å². The van der Waals surface area contributed by atoms with E-state index in [4.69, 9.17) is 15.5 Å². The molecule has 7 heterocycles. The van der Waals surface area contributed by atoms with Gasteiger partial charge in [-0.1, -0.05) is 0 Å². The first-order valence-corrected chi connectivity index (χ1v) is 28.4. The van der Waals surface area contributed by atoms with Crippen LogP contribution in [0, 0.1) is 37.4 Å². The average Bonchev–Trinajstić information content (AvgIpc) is 4.21. The van der Waals surface area contributed by atoms with Gasteiger partial charge in [-0.3, -0.25) is 24.3 Å². The molecule has 0 bridgehead atoms. The Balaban J connectivity index is 0.793.